The minimum Gasteiger partial charge on any atom is -0.496 e. The molecule has 0 aromatic heterocycles. The molecule has 0 radical (unpaired) electrons. The molecule has 2 heterocycles. The average Bonchev–Trinajstić information content (AvgIpc) is 2.86. The van der Waals surface area contributed by atoms with Gasteiger partial charge in [0.1, 0.15) is 5.75 Å². The summed E-state index contributed by atoms with van der Waals surface area (Å²) in [5.41, 5.74) is 2.96. The molecule has 5 heteroatoms. The van der Waals surface area contributed by atoms with Crippen LogP contribution >= 0.6 is 0 Å². The molecule has 0 spiro atoms. The second kappa shape index (κ2) is 11.2. The Hall–Kier alpha value is -2.37. The van der Waals surface area contributed by atoms with Gasteiger partial charge in [-0.2, -0.15) is 0 Å². The minimum atomic E-state index is -0.412. The Bertz CT molecular complexity index is 923. The predicted octanol–water partition coefficient (Wildman–Crippen LogP) is 4.69. The zero-order valence-electron chi connectivity index (χ0n) is 20.1. The van der Waals surface area contributed by atoms with Crippen LogP contribution in [0.5, 0.6) is 5.75 Å². The molecule has 2 aliphatic heterocycles. The number of hydrogen-bond acceptors (Lipinski definition) is 4. The lowest BCUT2D eigenvalue weighted by atomic mass is 9.74. The summed E-state index contributed by atoms with van der Waals surface area (Å²) in [6, 6.07) is 17.2. The van der Waals surface area contributed by atoms with Gasteiger partial charge in [0, 0.05) is 37.9 Å². The lowest BCUT2D eigenvalue weighted by Gasteiger charge is -2.37. The fourth-order valence-electron chi connectivity index (χ4n) is 5.36. The molecule has 1 atom stereocenters. The minimum absolute atomic E-state index is 0.179. The Morgan fingerprint density at radius 3 is 2.76 bits per heavy atom. The van der Waals surface area contributed by atoms with E-state index in [1.165, 1.54) is 24.8 Å². The topological polar surface area (TPSA) is 50.8 Å². The van der Waals surface area contributed by atoms with Crippen LogP contribution in [-0.2, 0) is 16.0 Å². The van der Waals surface area contributed by atoms with Gasteiger partial charge in [0.25, 0.3) is 0 Å². The fourth-order valence-corrected chi connectivity index (χ4v) is 5.36. The highest BCUT2D eigenvalue weighted by Gasteiger charge is 2.40. The number of nitrogens with zero attached hydrogens (tertiary/aromatic N) is 1. The van der Waals surface area contributed by atoms with Crippen molar-refractivity contribution in [1.82, 2.24) is 10.2 Å². The molecule has 2 aliphatic rings. The molecule has 2 aromatic rings. The highest BCUT2D eigenvalue weighted by molar-refractivity contribution is 5.83. The molecule has 5 nitrogen and oxygen atoms in total. The number of hydrogen-bond donors (Lipinski definition) is 1. The maximum absolute atomic E-state index is 13.5. The maximum Gasteiger partial charge on any atom is 0.226 e. The third-order valence-corrected chi connectivity index (χ3v) is 7.44. The van der Waals surface area contributed by atoms with Crippen molar-refractivity contribution >= 4 is 5.91 Å². The molecule has 2 aromatic carbocycles. The van der Waals surface area contributed by atoms with Gasteiger partial charge in [-0.1, -0.05) is 48.9 Å². The van der Waals surface area contributed by atoms with Crippen LogP contribution in [0.4, 0.5) is 0 Å². The van der Waals surface area contributed by atoms with E-state index < -0.39 is 5.41 Å². The quantitative estimate of drug-likeness (QED) is 0.634. The number of amides is 1. The van der Waals surface area contributed by atoms with Crippen LogP contribution in [-0.4, -0.2) is 56.8 Å². The Balaban J connectivity index is 1.46. The number of piperidine rings is 1. The van der Waals surface area contributed by atoms with Gasteiger partial charge in [-0.25, -0.2) is 0 Å². The zero-order valence-corrected chi connectivity index (χ0v) is 20.1. The van der Waals surface area contributed by atoms with Gasteiger partial charge < -0.3 is 14.8 Å². The smallest absolute Gasteiger partial charge is 0.226 e. The van der Waals surface area contributed by atoms with E-state index in [0.29, 0.717) is 25.8 Å². The largest absolute Gasteiger partial charge is 0.496 e. The molecule has 33 heavy (non-hydrogen) atoms. The van der Waals surface area contributed by atoms with Gasteiger partial charge in [0.2, 0.25) is 5.91 Å². The highest BCUT2D eigenvalue weighted by Crippen LogP contribution is 2.37. The normalized spacial score (nSPS) is 20.8. The van der Waals surface area contributed by atoms with Gasteiger partial charge >= 0.3 is 0 Å². The first-order chi connectivity index (χ1) is 16.1. The summed E-state index contributed by atoms with van der Waals surface area (Å²) in [6.45, 7) is 6.38. The molecule has 178 valence electrons. The van der Waals surface area contributed by atoms with Crippen LogP contribution < -0.4 is 10.1 Å². The number of carbonyl (C=O) groups excluding carboxylic acids is 1. The maximum atomic E-state index is 13.5. The molecule has 2 fully saturated rings. The van der Waals surface area contributed by atoms with Crippen LogP contribution in [0.25, 0.3) is 11.1 Å². The molecule has 2 saturated heterocycles. The summed E-state index contributed by atoms with van der Waals surface area (Å²) in [4.78, 5) is 16.0. The van der Waals surface area contributed by atoms with E-state index in [2.05, 4.69) is 47.5 Å². The molecular formula is C28H38N2O3. The van der Waals surface area contributed by atoms with E-state index in [-0.39, 0.29) is 5.91 Å². The summed E-state index contributed by atoms with van der Waals surface area (Å²) >= 11 is 0. The number of para-hydroxylation sites is 1. The third-order valence-electron chi connectivity index (χ3n) is 7.44. The number of carbonyl (C=O) groups is 1. The number of rotatable bonds is 8. The van der Waals surface area contributed by atoms with Crippen molar-refractivity contribution in [1.29, 1.82) is 0 Å². The van der Waals surface area contributed by atoms with Crippen molar-refractivity contribution in [3.05, 3.63) is 54.1 Å². The second-order valence-electron chi connectivity index (χ2n) is 9.61. The number of likely N-dealkylation sites (tertiary alicyclic amines) is 1. The monoisotopic (exact) mass is 450 g/mol. The van der Waals surface area contributed by atoms with Crippen molar-refractivity contribution in [3.8, 4) is 16.9 Å². The zero-order chi connectivity index (χ0) is 23.1. The second-order valence-corrected chi connectivity index (χ2v) is 9.61. The summed E-state index contributed by atoms with van der Waals surface area (Å²) in [6.07, 6.45) is 6.10. The van der Waals surface area contributed by atoms with Crippen molar-refractivity contribution in [2.75, 3.05) is 40.0 Å². The molecule has 4 rings (SSSR count). The van der Waals surface area contributed by atoms with Gasteiger partial charge in [0.15, 0.2) is 0 Å². The Kier molecular flexibility index (Phi) is 8.05. The SMILES string of the molecule is COc1ccccc1-c1cccc(CC2(C(=O)NCCN3CCCCC3C)CCOCC2)c1. The van der Waals surface area contributed by atoms with Crippen molar-refractivity contribution < 1.29 is 14.3 Å². The Labute approximate surface area is 198 Å². The van der Waals surface area contributed by atoms with Crippen LogP contribution in [0.1, 0.15) is 44.6 Å². The van der Waals surface area contributed by atoms with Crippen molar-refractivity contribution in [2.24, 2.45) is 5.41 Å². The molecular weight excluding hydrogens is 412 g/mol. The number of ether oxygens (including phenoxy) is 2. The van der Waals surface area contributed by atoms with Gasteiger partial charge in [-0.3, -0.25) is 9.69 Å². The molecule has 0 bridgehead atoms. The van der Waals surface area contributed by atoms with Gasteiger partial charge in [-0.15, -0.1) is 0 Å². The Morgan fingerprint density at radius 2 is 1.97 bits per heavy atom. The summed E-state index contributed by atoms with van der Waals surface area (Å²) in [5, 5.41) is 3.29. The fraction of sp³-hybridized carbons (Fsp3) is 0.536. The lowest BCUT2D eigenvalue weighted by molar-refractivity contribution is -0.136. The van der Waals surface area contributed by atoms with Crippen LogP contribution in [0.15, 0.2) is 48.5 Å². The van der Waals surface area contributed by atoms with Crippen LogP contribution in [0.3, 0.4) is 0 Å². The molecule has 0 saturated carbocycles. The van der Waals surface area contributed by atoms with Gasteiger partial charge in [-0.05, 0) is 62.8 Å². The summed E-state index contributed by atoms with van der Waals surface area (Å²) < 4.78 is 11.2. The molecule has 1 N–H and O–H groups in total. The van der Waals surface area contributed by atoms with E-state index in [0.717, 1.165) is 49.2 Å². The molecule has 0 aliphatic carbocycles. The summed E-state index contributed by atoms with van der Waals surface area (Å²) in [5.74, 6) is 1.04. The molecule has 1 amide bonds. The van der Waals surface area contributed by atoms with E-state index in [1.54, 1.807) is 7.11 Å². The first-order valence-electron chi connectivity index (χ1n) is 12.4. The third kappa shape index (κ3) is 5.77. The Morgan fingerprint density at radius 1 is 1.15 bits per heavy atom. The number of methoxy groups -OCH3 is 1. The lowest BCUT2D eigenvalue weighted by Crippen LogP contribution is -2.49. The van der Waals surface area contributed by atoms with E-state index >= 15 is 0 Å². The summed E-state index contributed by atoms with van der Waals surface area (Å²) in [7, 11) is 1.70. The standard InChI is InChI=1S/C28H38N2O3/c1-22-8-5-6-16-30(22)17-15-29-27(31)28(13-18-33-19-14-28)21-23-9-7-10-24(20-23)25-11-3-4-12-26(25)32-2/h3-4,7,9-12,20,22H,5-6,8,13-19,21H2,1-2H3,(H,29,31). The van der Waals surface area contributed by atoms with Crippen LogP contribution in [0.2, 0.25) is 0 Å². The predicted molar refractivity (Wildman–Crippen MR) is 133 cm³/mol. The van der Waals surface area contributed by atoms with Crippen molar-refractivity contribution in [3.63, 3.8) is 0 Å². The number of nitrogens with one attached hydrogen (secondary N) is 1. The first-order valence-corrected chi connectivity index (χ1v) is 12.4. The van der Waals surface area contributed by atoms with E-state index in [1.807, 2.05) is 18.2 Å². The molecule has 1 unspecified atom stereocenters. The van der Waals surface area contributed by atoms with E-state index in [4.69, 9.17) is 9.47 Å². The van der Waals surface area contributed by atoms with Gasteiger partial charge in [0.05, 0.1) is 12.5 Å². The first kappa shape index (κ1) is 23.8. The van der Waals surface area contributed by atoms with E-state index in [9.17, 15) is 4.79 Å². The number of benzene rings is 2. The van der Waals surface area contributed by atoms with Crippen molar-refractivity contribution in [2.45, 2.75) is 51.5 Å². The van der Waals surface area contributed by atoms with Crippen LogP contribution in [0, 0.1) is 5.41 Å². The highest BCUT2D eigenvalue weighted by atomic mass is 16.5. The average molecular weight is 451 g/mol.